The highest BCUT2D eigenvalue weighted by Crippen LogP contribution is 2.30. The fraction of sp³-hybridized carbons (Fsp3) is 0.917. The summed E-state index contributed by atoms with van der Waals surface area (Å²) >= 11 is 0. The van der Waals surface area contributed by atoms with Crippen molar-refractivity contribution < 1.29 is 14.6 Å². The molecule has 6 nitrogen and oxygen atoms in total. The van der Waals surface area contributed by atoms with Gasteiger partial charge in [-0.25, -0.2) is 9.80 Å². The number of aliphatic hydroxyl groups is 1. The fourth-order valence-corrected chi connectivity index (χ4v) is 2.15. The summed E-state index contributed by atoms with van der Waals surface area (Å²) in [5.74, 6) is 0.972. The third kappa shape index (κ3) is 3.34. The van der Waals surface area contributed by atoms with Crippen LogP contribution in [0.4, 0.5) is 4.79 Å². The van der Waals surface area contributed by atoms with Crippen LogP contribution >= 0.6 is 0 Å². The van der Waals surface area contributed by atoms with Gasteiger partial charge in [-0.3, -0.25) is 0 Å². The first-order chi connectivity index (χ1) is 8.47. The number of nitrogens with one attached hydrogen (secondary N) is 1. The molecule has 1 saturated heterocycles. The van der Waals surface area contributed by atoms with Gasteiger partial charge < -0.3 is 15.6 Å². The standard InChI is InChI=1S/C12H23N3O3/c1-7(2)5-9(13)10(16)11-14-15(12(17)18-11)6-8-3-4-8/h7-11,14,16H,3-6,13H2,1-2H3/t9-,10?,11?/m0/s1. The molecule has 104 valence electrons. The zero-order chi connectivity index (χ0) is 13.3. The van der Waals surface area contributed by atoms with Crippen molar-refractivity contribution >= 4 is 6.09 Å². The van der Waals surface area contributed by atoms with Crippen LogP contribution in [0.2, 0.25) is 0 Å². The summed E-state index contributed by atoms with van der Waals surface area (Å²) in [6.07, 6.45) is 1.00. The molecule has 1 aliphatic carbocycles. The Morgan fingerprint density at radius 3 is 2.78 bits per heavy atom. The number of cyclic esters (lactones) is 1. The number of carbonyl (C=O) groups is 1. The van der Waals surface area contributed by atoms with E-state index in [1.165, 1.54) is 5.01 Å². The van der Waals surface area contributed by atoms with Crippen molar-refractivity contribution in [1.82, 2.24) is 10.4 Å². The number of hydrogen-bond acceptors (Lipinski definition) is 5. The van der Waals surface area contributed by atoms with E-state index in [1.807, 2.05) is 13.8 Å². The number of nitrogens with zero attached hydrogens (tertiary/aromatic N) is 1. The molecule has 1 heterocycles. The second-order valence-corrected chi connectivity index (χ2v) is 5.77. The van der Waals surface area contributed by atoms with Gasteiger partial charge in [0.15, 0.2) is 6.23 Å². The Balaban J connectivity index is 1.83. The molecule has 0 aromatic heterocycles. The second-order valence-electron chi connectivity index (χ2n) is 5.77. The molecule has 1 aliphatic heterocycles. The zero-order valence-electron chi connectivity index (χ0n) is 11.0. The van der Waals surface area contributed by atoms with Crippen molar-refractivity contribution in [2.75, 3.05) is 6.54 Å². The molecule has 18 heavy (non-hydrogen) atoms. The van der Waals surface area contributed by atoms with Gasteiger partial charge in [0.1, 0.15) is 6.10 Å². The van der Waals surface area contributed by atoms with E-state index in [4.69, 9.17) is 10.5 Å². The molecule has 0 spiro atoms. The lowest BCUT2D eigenvalue weighted by atomic mass is 9.99. The largest absolute Gasteiger partial charge is 0.426 e. The van der Waals surface area contributed by atoms with Gasteiger partial charge >= 0.3 is 6.09 Å². The van der Waals surface area contributed by atoms with Crippen LogP contribution in [0.25, 0.3) is 0 Å². The molecular weight excluding hydrogens is 234 g/mol. The SMILES string of the molecule is CC(C)C[C@H](N)C(O)C1NN(CC2CC2)C(=O)O1. The molecule has 4 N–H and O–H groups in total. The van der Waals surface area contributed by atoms with Crippen LogP contribution in [0.5, 0.6) is 0 Å². The van der Waals surface area contributed by atoms with Crippen LogP contribution in [-0.4, -0.2) is 41.1 Å². The fourth-order valence-electron chi connectivity index (χ4n) is 2.15. The Kier molecular flexibility index (Phi) is 4.09. The van der Waals surface area contributed by atoms with Crippen molar-refractivity contribution in [2.45, 2.75) is 51.5 Å². The Labute approximate surface area is 107 Å². The Morgan fingerprint density at radius 2 is 2.22 bits per heavy atom. The number of rotatable bonds is 6. The van der Waals surface area contributed by atoms with E-state index in [2.05, 4.69) is 5.43 Å². The number of ether oxygens (including phenoxy) is 1. The van der Waals surface area contributed by atoms with Crippen molar-refractivity contribution in [3.8, 4) is 0 Å². The maximum atomic E-state index is 11.6. The molecule has 0 aromatic rings. The average Bonchev–Trinajstić information content (AvgIpc) is 3.01. The maximum Gasteiger partial charge on any atom is 0.426 e. The van der Waals surface area contributed by atoms with E-state index in [9.17, 15) is 9.90 Å². The van der Waals surface area contributed by atoms with Gasteiger partial charge in [0.2, 0.25) is 0 Å². The number of aliphatic hydroxyl groups excluding tert-OH is 1. The van der Waals surface area contributed by atoms with Gasteiger partial charge in [-0.05, 0) is 31.1 Å². The van der Waals surface area contributed by atoms with Crippen LogP contribution in [0.3, 0.4) is 0 Å². The predicted molar refractivity (Wildman–Crippen MR) is 66.3 cm³/mol. The lowest BCUT2D eigenvalue weighted by Gasteiger charge is -2.24. The highest BCUT2D eigenvalue weighted by Gasteiger charge is 2.40. The minimum absolute atomic E-state index is 0.392. The first-order valence-electron chi connectivity index (χ1n) is 6.65. The minimum atomic E-state index is -0.874. The number of amides is 1. The predicted octanol–water partition coefficient (Wildman–Crippen LogP) is 0.414. The highest BCUT2D eigenvalue weighted by atomic mass is 16.6. The summed E-state index contributed by atoms with van der Waals surface area (Å²) < 4.78 is 5.11. The van der Waals surface area contributed by atoms with Crippen LogP contribution in [0, 0.1) is 11.8 Å². The van der Waals surface area contributed by atoms with Gasteiger partial charge in [-0.1, -0.05) is 13.8 Å². The summed E-state index contributed by atoms with van der Waals surface area (Å²) in [4.78, 5) is 11.6. The molecule has 3 atom stereocenters. The van der Waals surface area contributed by atoms with Gasteiger partial charge in [0, 0.05) is 12.6 Å². The van der Waals surface area contributed by atoms with Gasteiger partial charge in [0.25, 0.3) is 0 Å². The Bertz CT molecular complexity index is 307. The normalized spacial score (nSPS) is 27.5. The van der Waals surface area contributed by atoms with E-state index in [1.54, 1.807) is 0 Å². The molecule has 1 amide bonds. The molecular formula is C12H23N3O3. The Hall–Kier alpha value is -0.850. The number of hydrazine groups is 1. The number of hydrogen-bond donors (Lipinski definition) is 3. The van der Waals surface area contributed by atoms with E-state index in [-0.39, 0.29) is 0 Å². The molecule has 0 radical (unpaired) electrons. The molecule has 1 saturated carbocycles. The summed E-state index contributed by atoms with van der Waals surface area (Å²) in [6, 6.07) is -0.392. The molecule has 2 fully saturated rings. The van der Waals surface area contributed by atoms with E-state index in [0.29, 0.717) is 24.8 Å². The average molecular weight is 257 g/mol. The minimum Gasteiger partial charge on any atom is -0.425 e. The third-order valence-corrected chi connectivity index (χ3v) is 3.36. The molecule has 6 heteroatoms. The van der Waals surface area contributed by atoms with Crippen LogP contribution < -0.4 is 11.2 Å². The Morgan fingerprint density at radius 1 is 1.56 bits per heavy atom. The van der Waals surface area contributed by atoms with Crippen LogP contribution in [0.15, 0.2) is 0 Å². The maximum absolute atomic E-state index is 11.6. The highest BCUT2D eigenvalue weighted by molar-refractivity contribution is 5.69. The molecule has 2 rings (SSSR count). The van der Waals surface area contributed by atoms with Crippen molar-refractivity contribution in [3.05, 3.63) is 0 Å². The lowest BCUT2D eigenvalue weighted by molar-refractivity contribution is -0.00530. The van der Waals surface area contributed by atoms with E-state index < -0.39 is 24.5 Å². The number of nitrogens with two attached hydrogens (primary N) is 1. The molecule has 2 unspecified atom stereocenters. The molecule has 0 bridgehead atoms. The first kappa shape index (κ1) is 13.6. The van der Waals surface area contributed by atoms with E-state index >= 15 is 0 Å². The van der Waals surface area contributed by atoms with E-state index in [0.717, 1.165) is 12.8 Å². The topological polar surface area (TPSA) is 87.8 Å². The second kappa shape index (κ2) is 5.42. The summed E-state index contributed by atoms with van der Waals surface area (Å²) in [5, 5.41) is 11.5. The van der Waals surface area contributed by atoms with Crippen LogP contribution in [0.1, 0.15) is 33.1 Å². The monoisotopic (exact) mass is 257 g/mol. The van der Waals surface area contributed by atoms with Crippen molar-refractivity contribution in [3.63, 3.8) is 0 Å². The quantitative estimate of drug-likeness (QED) is 0.641. The third-order valence-electron chi connectivity index (χ3n) is 3.36. The summed E-state index contributed by atoms with van der Waals surface area (Å²) in [5.41, 5.74) is 8.80. The van der Waals surface area contributed by atoms with Gasteiger partial charge in [-0.15, -0.1) is 0 Å². The lowest BCUT2D eigenvalue weighted by Crippen LogP contribution is -2.50. The summed E-state index contributed by atoms with van der Waals surface area (Å²) in [6.45, 7) is 4.74. The van der Waals surface area contributed by atoms with Gasteiger partial charge in [-0.2, -0.15) is 5.43 Å². The number of carbonyl (C=O) groups excluding carboxylic acids is 1. The summed E-state index contributed by atoms with van der Waals surface area (Å²) in [7, 11) is 0. The molecule has 0 aromatic carbocycles. The smallest absolute Gasteiger partial charge is 0.425 e. The van der Waals surface area contributed by atoms with Crippen molar-refractivity contribution in [2.24, 2.45) is 17.6 Å². The van der Waals surface area contributed by atoms with Crippen molar-refractivity contribution in [1.29, 1.82) is 0 Å². The van der Waals surface area contributed by atoms with Gasteiger partial charge in [0.05, 0.1) is 0 Å². The molecule has 2 aliphatic rings. The zero-order valence-corrected chi connectivity index (χ0v) is 11.0. The van der Waals surface area contributed by atoms with Crippen LogP contribution in [-0.2, 0) is 4.74 Å². The first-order valence-corrected chi connectivity index (χ1v) is 6.65.